The summed E-state index contributed by atoms with van der Waals surface area (Å²) < 4.78 is 47.3. The normalized spacial score (nSPS) is 18.1. The molecule has 1 aliphatic rings. The van der Waals surface area contributed by atoms with Gasteiger partial charge in [-0.3, -0.25) is 9.78 Å². The van der Waals surface area contributed by atoms with Crippen molar-refractivity contribution in [3.8, 4) is 11.5 Å². The second-order valence-corrected chi connectivity index (χ2v) is 8.35. The predicted octanol–water partition coefficient (Wildman–Crippen LogP) is 5.58. The number of nitrogens with zero attached hydrogens (tertiary/aromatic N) is 1. The Morgan fingerprint density at radius 3 is 2.56 bits per heavy atom. The highest BCUT2D eigenvalue weighted by molar-refractivity contribution is 5.83. The molecule has 8 heteroatoms. The highest BCUT2D eigenvalue weighted by atomic mass is 19.4. The molecular weight excluding hydrogens is 445 g/mol. The third kappa shape index (κ3) is 6.50. The summed E-state index contributed by atoms with van der Waals surface area (Å²) in [4.78, 5) is 16.9. The lowest BCUT2D eigenvalue weighted by Crippen LogP contribution is -2.29. The molecule has 1 aliphatic carbocycles. The summed E-state index contributed by atoms with van der Waals surface area (Å²) in [6, 6.07) is 20.3. The Hall–Kier alpha value is -3.55. The van der Waals surface area contributed by atoms with Crippen molar-refractivity contribution in [2.24, 2.45) is 5.92 Å². The Morgan fingerprint density at radius 2 is 1.85 bits per heavy atom. The molecule has 34 heavy (non-hydrogen) atoms. The molecule has 1 amide bonds. The molecule has 0 saturated heterocycles. The number of benzene rings is 2. The number of amides is 1. The summed E-state index contributed by atoms with van der Waals surface area (Å²) in [5.74, 6) is 0.695. The third-order valence-corrected chi connectivity index (χ3v) is 5.63. The van der Waals surface area contributed by atoms with E-state index in [1.54, 1.807) is 13.0 Å². The largest absolute Gasteiger partial charge is 0.489 e. The zero-order valence-corrected chi connectivity index (χ0v) is 18.6. The number of pyridine rings is 1. The first-order valence-electron chi connectivity index (χ1n) is 11.0. The first-order valence-corrected chi connectivity index (χ1v) is 11.0. The van der Waals surface area contributed by atoms with Crippen LogP contribution in [0.2, 0.25) is 0 Å². The van der Waals surface area contributed by atoms with Gasteiger partial charge in [0.05, 0.1) is 17.9 Å². The van der Waals surface area contributed by atoms with E-state index in [-0.39, 0.29) is 29.5 Å². The lowest BCUT2D eigenvalue weighted by atomic mass is 10.1. The Bertz CT molecular complexity index is 1100. The number of carbonyl (C=O) groups excluding carboxylic acids is 1. The summed E-state index contributed by atoms with van der Waals surface area (Å²) in [6.07, 6.45) is -2.43. The lowest BCUT2D eigenvalue weighted by Gasteiger charge is -2.15. The molecule has 5 nitrogen and oxygen atoms in total. The van der Waals surface area contributed by atoms with Gasteiger partial charge in [-0.2, -0.15) is 13.2 Å². The third-order valence-electron chi connectivity index (χ3n) is 5.63. The summed E-state index contributed by atoms with van der Waals surface area (Å²) in [7, 11) is 0. The molecule has 178 valence electrons. The van der Waals surface area contributed by atoms with E-state index in [0.717, 1.165) is 23.3 Å². The standard InChI is InChI=1S/C26H25F3N2O3/c1-17(24-11-10-21(14-30-24)34-16-26(27,28)29)31-25(32)23-13-22(23)19-8-5-9-20(12-19)33-15-18-6-3-2-4-7-18/h2-12,14,17,22-23H,13,15-16H2,1H3,(H,31,32)/t17-,22?,23?/m1/s1. The van der Waals surface area contributed by atoms with E-state index in [2.05, 4.69) is 15.0 Å². The van der Waals surface area contributed by atoms with Gasteiger partial charge in [0.15, 0.2) is 6.61 Å². The number of alkyl halides is 3. The average Bonchev–Trinajstić information content (AvgIpc) is 3.63. The molecule has 2 aromatic carbocycles. The molecule has 0 spiro atoms. The van der Waals surface area contributed by atoms with Crippen molar-refractivity contribution in [2.45, 2.75) is 38.1 Å². The van der Waals surface area contributed by atoms with Crippen molar-refractivity contribution < 1.29 is 27.4 Å². The van der Waals surface area contributed by atoms with Crippen LogP contribution in [0.4, 0.5) is 13.2 Å². The summed E-state index contributed by atoms with van der Waals surface area (Å²) >= 11 is 0. The van der Waals surface area contributed by atoms with E-state index in [4.69, 9.17) is 4.74 Å². The van der Waals surface area contributed by atoms with Crippen LogP contribution in [-0.4, -0.2) is 23.7 Å². The van der Waals surface area contributed by atoms with Crippen molar-refractivity contribution in [1.29, 1.82) is 0 Å². The Kier molecular flexibility index (Phi) is 7.05. The topological polar surface area (TPSA) is 60.5 Å². The molecule has 1 heterocycles. The van der Waals surface area contributed by atoms with Crippen LogP contribution in [0.25, 0.3) is 0 Å². The molecule has 0 radical (unpaired) electrons. The number of aromatic nitrogens is 1. The van der Waals surface area contributed by atoms with Crippen molar-refractivity contribution in [1.82, 2.24) is 10.3 Å². The fraction of sp³-hybridized carbons (Fsp3) is 0.308. The van der Waals surface area contributed by atoms with Gasteiger partial charge in [-0.1, -0.05) is 42.5 Å². The van der Waals surface area contributed by atoms with E-state index in [1.165, 1.54) is 12.3 Å². The van der Waals surface area contributed by atoms with Crippen LogP contribution in [0.3, 0.4) is 0 Å². The second-order valence-electron chi connectivity index (χ2n) is 8.35. The average molecular weight is 470 g/mol. The summed E-state index contributed by atoms with van der Waals surface area (Å²) in [6.45, 7) is 0.886. The maximum Gasteiger partial charge on any atom is 0.422 e. The van der Waals surface area contributed by atoms with Gasteiger partial charge in [0.25, 0.3) is 0 Å². The number of hydrogen-bond acceptors (Lipinski definition) is 4. The van der Waals surface area contributed by atoms with Gasteiger partial charge >= 0.3 is 6.18 Å². The van der Waals surface area contributed by atoms with E-state index in [9.17, 15) is 18.0 Å². The number of rotatable bonds is 9. The van der Waals surface area contributed by atoms with Gasteiger partial charge in [0, 0.05) is 5.92 Å². The highest BCUT2D eigenvalue weighted by Crippen LogP contribution is 2.48. The molecule has 4 rings (SSSR count). The first-order chi connectivity index (χ1) is 16.3. The second kappa shape index (κ2) is 10.2. The molecule has 1 saturated carbocycles. The van der Waals surface area contributed by atoms with E-state index in [0.29, 0.717) is 12.3 Å². The van der Waals surface area contributed by atoms with Crippen molar-refractivity contribution in [3.63, 3.8) is 0 Å². The number of hydrogen-bond donors (Lipinski definition) is 1. The maximum atomic E-state index is 12.7. The van der Waals surface area contributed by atoms with Gasteiger partial charge in [-0.15, -0.1) is 0 Å². The van der Waals surface area contributed by atoms with Gasteiger partial charge in [0.1, 0.15) is 18.1 Å². The van der Waals surface area contributed by atoms with Crippen LogP contribution in [0.1, 0.15) is 42.1 Å². The summed E-state index contributed by atoms with van der Waals surface area (Å²) in [5, 5.41) is 2.94. The molecule has 1 N–H and O–H groups in total. The maximum absolute atomic E-state index is 12.7. The van der Waals surface area contributed by atoms with E-state index in [1.807, 2.05) is 54.6 Å². The summed E-state index contributed by atoms with van der Waals surface area (Å²) in [5.41, 5.74) is 2.68. The zero-order chi connectivity index (χ0) is 24.1. The highest BCUT2D eigenvalue weighted by Gasteiger charge is 2.44. The fourth-order valence-electron chi connectivity index (χ4n) is 3.72. The number of ether oxygens (including phenoxy) is 2. The van der Waals surface area contributed by atoms with Crippen LogP contribution in [-0.2, 0) is 11.4 Å². The van der Waals surface area contributed by atoms with E-state index < -0.39 is 12.8 Å². The molecule has 1 fully saturated rings. The minimum atomic E-state index is -4.41. The molecular formula is C26H25F3N2O3. The molecule has 1 aromatic heterocycles. The minimum Gasteiger partial charge on any atom is -0.489 e. The Labute approximate surface area is 195 Å². The zero-order valence-electron chi connectivity index (χ0n) is 18.6. The van der Waals surface area contributed by atoms with Gasteiger partial charge in [-0.05, 0) is 54.7 Å². The fourth-order valence-corrected chi connectivity index (χ4v) is 3.72. The molecule has 2 unspecified atom stereocenters. The van der Waals surface area contributed by atoms with Gasteiger partial charge < -0.3 is 14.8 Å². The van der Waals surface area contributed by atoms with Crippen LogP contribution in [0, 0.1) is 5.92 Å². The minimum absolute atomic E-state index is 0.0243. The quantitative estimate of drug-likeness (QED) is 0.443. The van der Waals surface area contributed by atoms with Crippen molar-refractivity contribution >= 4 is 5.91 Å². The molecule has 0 aliphatic heterocycles. The molecule has 0 bridgehead atoms. The predicted molar refractivity (Wildman–Crippen MR) is 120 cm³/mol. The SMILES string of the molecule is C[C@@H](NC(=O)C1CC1c1cccc(OCc2ccccc2)c1)c1ccc(OCC(F)(F)F)cn1. The number of carbonyl (C=O) groups is 1. The Morgan fingerprint density at radius 1 is 1.06 bits per heavy atom. The molecule has 3 atom stereocenters. The first kappa shape index (κ1) is 23.6. The number of nitrogens with one attached hydrogen (secondary N) is 1. The monoisotopic (exact) mass is 470 g/mol. The Balaban J connectivity index is 1.28. The van der Waals surface area contributed by atoms with Crippen LogP contribution >= 0.6 is 0 Å². The van der Waals surface area contributed by atoms with Crippen LogP contribution < -0.4 is 14.8 Å². The lowest BCUT2D eigenvalue weighted by molar-refractivity contribution is -0.153. The van der Waals surface area contributed by atoms with Gasteiger partial charge in [0.2, 0.25) is 5.91 Å². The van der Waals surface area contributed by atoms with Crippen LogP contribution in [0.5, 0.6) is 11.5 Å². The smallest absolute Gasteiger partial charge is 0.422 e. The van der Waals surface area contributed by atoms with Crippen molar-refractivity contribution in [2.75, 3.05) is 6.61 Å². The van der Waals surface area contributed by atoms with Gasteiger partial charge in [-0.25, -0.2) is 0 Å². The van der Waals surface area contributed by atoms with Crippen molar-refractivity contribution in [3.05, 3.63) is 89.7 Å². The molecule has 3 aromatic rings. The van der Waals surface area contributed by atoms with Crippen LogP contribution in [0.15, 0.2) is 72.9 Å². The van der Waals surface area contributed by atoms with E-state index >= 15 is 0 Å². The number of halogens is 3.